The fourth-order valence-electron chi connectivity index (χ4n) is 2.20. The molecule has 0 bridgehead atoms. The van der Waals surface area contributed by atoms with Gasteiger partial charge in [0, 0.05) is 5.56 Å². The summed E-state index contributed by atoms with van der Waals surface area (Å²) in [6, 6.07) is 3.76. The van der Waals surface area contributed by atoms with E-state index in [0.717, 1.165) is 18.4 Å². The summed E-state index contributed by atoms with van der Waals surface area (Å²) in [6.45, 7) is 6.27. The molecule has 1 aliphatic carbocycles. The molecule has 1 aromatic rings. The van der Waals surface area contributed by atoms with Crippen molar-refractivity contribution in [2.45, 2.75) is 44.6 Å². The molecule has 1 saturated carbocycles. The van der Waals surface area contributed by atoms with E-state index in [1.54, 1.807) is 6.08 Å². The molecule has 1 fully saturated rings. The number of hydrogen-bond donors (Lipinski definition) is 1. The number of carbonyl (C=O) groups excluding carboxylic acids is 1. The van der Waals surface area contributed by atoms with Crippen LogP contribution in [-0.2, 0) is 15.7 Å². The van der Waals surface area contributed by atoms with Crippen LogP contribution < -0.4 is 4.74 Å². The Kier molecular flexibility index (Phi) is 3.15. The lowest BCUT2D eigenvalue weighted by Gasteiger charge is -2.23. The highest BCUT2D eigenvalue weighted by atomic mass is 16.5. The van der Waals surface area contributed by atoms with Crippen molar-refractivity contribution in [2.75, 3.05) is 7.11 Å². The second-order valence-electron chi connectivity index (χ2n) is 6.06. The van der Waals surface area contributed by atoms with Crippen molar-refractivity contribution in [3.05, 3.63) is 23.3 Å². The van der Waals surface area contributed by atoms with Crippen LogP contribution in [-0.4, -0.2) is 18.3 Å². The van der Waals surface area contributed by atoms with E-state index in [1.165, 1.54) is 7.11 Å². The molecular formula is C15H19NO3. The third-order valence-corrected chi connectivity index (χ3v) is 3.65. The van der Waals surface area contributed by atoms with Crippen molar-refractivity contribution >= 4 is 6.08 Å². The molecule has 19 heavy (non-hydrogen) atoms. The lowest BCUT2D eigenvalue weighted by molar-refractivity contribution is 0.366. The largest absolute Gasteiger partial charge is 0.504 e. The number of ether oxygens (including phenoxy) is 1. The summed E-state index contributed by atoms with van der Waals surface area (Å²) in [4.78, 5) is 14.5. The van der Waals surface area contributed by atoms with Gasteiger partial charge in [0.1, 0.15) is 5.54 Å². The van der Waals surface area contributed by atoms with Gasteiger partial charge in [-0.25, -0.2) is 4.79 Å². The van der Waals surface area contributed by atoms with Gasteiger partial charge >= 0.3 is 0 Å². The Morgan fingerprint density at radius 2 is 2.00 bits per heavy atom. The Labute approximate surface area is 113 Å². The molecule has 0 saturated heterocycles. The van der Waals surface area contributed by atoms with Crippen molar-refractivity contribution in [1.29, 1.82) is 0 Å². The van der Waals surface area contributed by atoms with Crippen LogP contribution in [0, 0.1) is 0 Å². The van der Waals surface area contributed by atoms with Gasteiger partial charge in [0.25, 0.3) is 0 Å². The molecule has 0 radical (unpaired) electrons. The number of methoxy groups -OCH3 is 1. The van der Waals surface area contributed by atoms with Crippen LogP contribution in [0.2, 0.25) is 0 Å². The Balaban J connectivity index is 2.63. The van der Waals surface area contributed by atoms with Gasteiger partial charge in [-0.1, -0.05) is 20.8 Å². The first-order valence-corrected chi connectivity index (χ1v) is 6.35. The maximum absolute atomic E-state index is 10.6. The van der Waals surface area contributed by atoms with Crippen LogP contribution in [0.1, 0.15) is 44.7 Å². The number of nitrogens with zero attached hydrogens (tertiary/aromatic N) is 1. The number of hydrogen-bond acceptors (Lipinski definition) is 4. The first-order chi connectivity index (χ1) is 8.84. The van der Waals surface area contributed by atoms with E-state index in [0.29, 0.717) is 11.3 Å². The average molecular weight is 261 g/mol. The normalized spacial score (nSPS) is 16.6. The quantitative estimate of drug-likeness (QED) is 0.672. The number of aromatic hydroxyl groups is 1. The molecule has 0 heterocycles. The van der Waals surface area contributed by atoms with Crippen LogP contribution in [0.15, 0.2) is 17.1 Å². The molecule has 0 atom stereocenters. The van der Waals surface area contributed by atoms with Gasteiger partial charge in [-0.05, 0) is 36.0 Å². The van der Waals surface area contributed by atoms with Gasteiger partial charge in [-0.15, -0.1) is 0 Å². The van der Waals surface area contributed by atoms with E-state index in [2.05, 4.69) is 25.8 Å². The van der Waals surface area contributed by atoms with Gasteiger partial charge in [0.15, 0.2) is 11.5 Å². The number of rotatable bonds is 3. The summed E-state index contributed by atoms with van der Waals surface area (Å²) >= 11 is 0. The maximum atomic E-state index is 10.6. The zero-order chi connectivity index (χ0) is 14.3. The summed E-state index contributed by atoms with van der Waals surface area (Å²) in [6.07, 6.45) is 3.13. The highest BCUT2D eigenvalue weighted by Gasteiger charge is 2.47. The molecule has 2 rings (SSSR count). The highest BCUT2D eigenvalue weighted by molar-refractivity contribution is 5.56. The van der Waals surface area contributed by atoms with Crippen LogP contribution in [0.25, 0.3) is 0 Å². The molecular weight excluding hydrogens is 242 g/mol. The fraction of sp³-hybridized carbons (Fsp3) is 0.533. The molecule has 4 heteroatoms. The monoisotopic (exact) mass is 261 g/mol. The topological polar surface area (TPSA) is 58.9 Å². The Morgan fingerprint density at radius 1 is 1.37 bits per heavy atom. The molecule has 0 amide bonds. The van der Waals surface area contributed by atoms with Gasteiger partial charge in [0.2, 0.25) is 6.08 Å². The molecule has 0 spiro atoms. The maximum Gasteiger partial charge on any atom is 0.235 e. The Morgan fingerprint density at radius 3 is 2.42 bits per heavy atom. The Bertz CT molecular complexity index is 547. The van der Waals surface area contributed by atoms with Gasteiger partial charge in [-0.3, -0.25) is 0 Å². The smallest absolute Gasteiger partial charge is 0.235 e. The summed E-state index contributed by atoms with van der Waals surface area (Å²) in [5.74, 6) is 0.502. The van der Waals surface area contributed by atoms with Crippen LogP contribution in [0.3, 0.4) is 0 Å². The fourth-order valence-corrected chi connectivity index (χ4v) is 2.20. The molecule has 0 aromatic heterocycles. The SMILES string of the molecule is COc1cc(C(C)(C)C)cc(C2(N=C=O)CC2)c1O. The lowest BCUT2D eigenvalue weighted by atomic mass is 9.84. The average Bonchev–Trinajstić information content (AvgIpc) is 3.09. The first kappa shape index (κ1) is 13.6. The summed E-state index contributed by atoms with van der Waals surface area (Å²) < 4.78 is 5.23. The van der Waals surface area contributed by atoms with Crippen molar-refractivity contribution < 1.29 is 14.6 Å². The molecule has 4 nitrogen and oxygen atoms in total. The van der Waals surface area contributed by atoms with Crippen molar-refractivity contribution in [3.8, 4) is 11.5 Å². The van der Waals surface area contributed by atoms with E-state index < -0.39 is 5.54 Å². The van der Waals surface area contributed by atoms with E-state index in [4.69, 9.17) is 4.74 Å². The lowest BCUT2D eigenvalue weighted by Crippen LogP contribution is -2.14. The van der Waals surface area contributed by atoms with Gasteiger partial charge in [0.05, 0.1) is 7.11 Å². The highest BCUT2D eigenvalue weighted by Crippen LogP contribution is 2.54. The standard InChI is InChI=1S/C15H19NO3/c1-14(2,3)10-7-11(13(18)12(8-10)19-4)15(5-6-15)16-9-17/h7-8,18H,5-6H2,1-4H3. The van der Waals surface area contributed by atoms with E-state index >= 15 is 0 Å². The minimum Gasteiger partial charge on any atom is -0.504 e. The Hall–Kier alpha value is -1.80. The number of isocyanates is 1. The van der Waals surface area contributed by atoms with Crippen molar-refractivity contribution in [3.63, 3.8) is 0 Å². The summed E-state index contributed by atoms with van der Waals surface area (Å²) in [7, 11) is 1.52. The van der Waals surface area contributed by atoms with Gasteiger partial charge in [-0.2, -0.15) is 4.99 Å². The third-order valence-electron chi connectivity index (χ3n) is 3.65. The van der Waals surface area contributed by atoms with E-state index in [9.17, 15) is 9.90 Å². The van der Waals surface area contributed by atoms with Crippen LogP contribution >= 0.6 is 0 Å². The minimum atomic E-state index is -0.597. The minimum absolute atomic E-state index is 0.0727. The molecule has 1 aliphatic rings. The summed E-state index contributed by atoms with van der Waals surface area (Å²) in [5, 5.41) is 10.3. The van der Waals surface area contributed by atoms with Crippen LogP contribution in [0.5, 0.6) is 11.5 Å². The number of benzene rings is 1. The third kappa shape index (κ3) is 2.36. The molecule has 0 aliphatic heterocycles. The molecule has 0 unspecified atom stereocenters. The molecule has 102 valence electrons. The number of phenols is 1. The summed E-state index contributed by atoms with van der Waals surface area (Å²) in [5.41, 5.74) is 1.04. The van der Waals surface area contributed by atoms with Gasteiger partial charge < -0.3 is 9.84 Å². The first-order valence-electron chi connectivity index (χ1n) is 6.35. The molecule has 1 aromatic carbocycles. The second-order valence-corrected chi connectivity index (χ2v) is 6.06. The van der Waals surface area contributed by atoms with Crippen molar-refractivity contribution in [1.82, 2.24) is 0 Å². The zero-order valence-corrected chi connectivity index (χ0v) is 11.8. The van der Waals surface area contributed by atoms with Crippen LogP contribution in [0.4, 0.5) is 0 Å². The second kappa shape index (κ2) is 4.39. The zero-order valence-electron chi connectivity index (χ0n) is 11.8. The van der Waals surface area contributed by atoms with E-state index in [-0.39, 0.29) is 11.2 Å². The predicted octanol–water partition coefficient (Wildman–Crippen LogP) is 3.02. The number of aliphatic imine (C=N–C) groups is 1. The predicted molar refractivity (Wildman–Crippen MR) is 72.4 cm³/mol. The molecule has 1 N–H and O–H groups in total. The van der Waals surface area contributed by atoms with E-state index in [1.807, 2.05) is 12.1 Å². The van der Waals surface area contributed by atoms with Crippen molar-refractivity contribution in [2.24, 2.45) is 4.99 Å². The number of phenolic OH excluding ortho intramolecular Hbond substituents is 1.